The summed E-state index contributed by atoms with van der Waals surface area (Å²) in [6.45, 7) is 3.95. The third kappa shape index (κ3) is 3.13. The third-order valence-electron chi connectivity index (χ3n) is 2.03. The van der Waals surface area contributed by atoms with Gasteiger partial charge in [-0.25, -0.2) is 0 Å². The van der Waals surface area contributed by atoms with Gasteiger partial charge in [0.05, 0.1) is 0 Å². The number of aromatic nitrogens is 2. The van der Waals surface area contributed by atoms with Crippen LogP contribution in [0.15, 0.2) is 21.2 Å². The van der Waals surface area contributed by atoms with E-state index >= 15 is 0 Å². The van der Waals surface area contributed by atoms with Crippen LogP contribution in [0.4, 0.5) is 6.01 Å². The highest BCUT2D eigenvalue weighted by Gasteiger charge is 2.12. The fourth-order valence-corrected chi connectivity index (χ4v) is 1.95. The quantitative estimate of drug-likeness (QED) is 0.907. The molecule has 0 aromatic carbocycles. The molecule has 6 heteroatoms. The summed E-state index contributed by atoms with van der Waals surface area (Å²) in [7, 11) is 0. The monoisotopic (exact) mass is 251 g/mol. The van der Waals surface area contributed by atoms with Gasteiger partial charge in [-0.1, -0.05) is 18.9 Å². The molecule has 0 spiro atoms. The summed E-state index contributed by atoms with van der Waals surface area (Å²) in [6, 6.07) is 2.04. The molecule has 0 aliphatic carbocycles. The number of hydrogen-bond donors (Lipinski definition) is 1. The highest BCUT2D eigenvalue weighted by molar-refractivity contribution is 7.08. The van der Waals surface area contributed by atoms with Crippen molar-refractivity contribution >= 4 is 23.3 Å². The Morgan fingerprint density at radius 2 is 2.35 bits per heavy atom. The Balaban J connectivity index is 2.02. The molecule has 2 aromatic rings. The van der Waals surface area contributed by atoms with Crippen LogP contribution in [0.5, 0.6) is 0 Å². The molecule has 0 fully saturated rings. The van der Waals surface area contributed by atoms with Crippen molar-refractivity contribution in [1.29, 1.82) is 0 Å². The highest BCUT2D eigenvalue weighted by Crippen LogP contribution is 2.22. The lowest BCUT2D eigenvalue weighted by atomic mass is 10.1. The van der Waals surface area contributed by atoms with Gasteiger partial charge in [-0.05, 0) is 17.4 Å². The second-order valence-corrected chi connectivity index (χ2v) is 4.85. The first kappa shape index (κ1) is 11.8. The van der Waals surface area contributed by atoms with Gasteiger partial charge in [0.2, 0.25) is 5.91 Å². The van der Waals surface area contributed by atoms with E-state index in [1.807, 2.05) is 30.7 Å². The minimum absolute atomic E-state index is 0.111. The predicted molar refractivity (Wildman–Crippen MR) is 65.7 cm³/mol. The van der Waals surface area contributed by atoms with Gasteiger partial charge < -0.3 is 4.42 Å². The van der Waals surface area contributed by atoms with Gasteiger partial charge in [0.25, 0.3) is 5.89 Å². The second kappa shape index (κ2) is 5.09. The first-order valence-corrected chi connectivity index (χ1v) is 6.25. The van der Waals surface area contributed by atoms with Crippen molar-refractivity contribution in [3.63, 3.8) is 0 Å². The first-order valence-electron chi connectivity index (χ1n) is 5.31. The molecular weight excluding hydrogens is 238 g/mol. The molecular formula is C11H13N3O2S. The van der Waals surface area contributed by atoms with E-state index in [-0.39, 0.29) is 11.9 Å². The topological polar surface area (TPSA) is 68.0 Å². The van der Waals surface area contributed by atoms with Crippen molar-refractivity contribution in [3.8, 4) is 11.5 Å². The van der Waals surface area contributed by atoms with Gasteiger partial charge in [0, 0.05) is 17.4 Å². The van der Waals surface area contributed by atoms with E-state index in [9.17, 15) is 4.79 Å². The molecule has 1 N–H and O–H groups in total. The zero-order chi connectivity index (χ0) is 12.3. The van der Waals surface area contributed by atoms with E-state index < -0.39 is 0 Å². The summed E-state index contributed by atoms with van der Waals surface area (Å²) >= 11 is 1.55. The van der Waals surface area contributed by atoms with Crippen molar-refractivity contribution in [2.24, 2.45) is 5.92 Å². The van der Waals surface area contributed by atoms with Crippen LogP contribution >= 0.6 is 11.3 Å². The Bertz CT molecular complexity index is 491. The van der Waals surface area contributed by atoms with E-state index in [1.54, 1.807) is 11.3 Å². The van der Waals surface area contributed by atoms with Gasteiger partial charge in [0.15, 0.2) is 0 Å². The van der Waals surface area contributed by atoms with Gasteiger partial charge in [-0.2, -0.15) is 11.3 Å². The summed E-state index contributed by atoms with van der Waals surface area (Å²) in [4.78, 5) is 11.5. The Morgan fingerprint density at radius 3 is 3.00 bits per heavy atom. The molecule has 17 heavy (non-hydrogen) atoms. The molecule has 0 aliphatic rings. The van der Waals surface area contributed by atoms with Crippen LogP contribution in [0.1, 0.15) is 20.3 Å². The summed E-state index contributed by atoms with van der Waals surface area (Å²) in [5.41, 5.74) is 0.867. The third-order valence-corrected chi connectivity index (χ3v) is 2.72. The van der Waals surface area contributed by atoms with Crippen LogP contribution in [-0.2, 0) is 4.79 Å². The first-order chi connectivity index (χ1) is 8.15. The SMILES string of the molecule is CC(C)CC(=O)Nc1nnc(-c2ccsc2)o1. The molecule has 2 aromatic heterocycles. The average Bonchev–Trinajstić information content (AvgIpc) is 2.84. The summed E-state index contributed by atoms with van der Waals surface area (Å²) < 4.78 is 5.33. The Hall–Kier alpha value is -1.69. The smallest absolute Gasteiger partial charge is 0.322 e. The second-order valence-electron chi connectivity index (χ2n) is 4.07. The molecule has 1 amide bonds. The van der Waals surface area contributed by atoms with E-state index in [1.165, 1.54) is 0 Å². The molecule has 0 radical (unpaired) electrons. The van der Waals surface area contributed by atoms with Crippen LogP contribution < -0.4 is 5.32 Å². The maximum absolute atomic E-state index is 11.5. The van der Waals surface area contributed by atoms with Crippen molar-refractivity contribution < 1.29 is 9.21 Å². The molecule has 0 aliphatic heterocycles. The Labute approximate surface area is 103 Å². The van der Waals surface area contributed by atoms with E-state index in [0.717, 1.165) is 5.56 Å². The zero-order valence-electron chi connectivity index (χ0n) is 9.64. The fourth-order valence-electron chi connectivity index (χ4n) is 1.32. The molecule has 0 atom stereocenters. The van der Waals surface area contributed by atoms with Gasteiger partial charge in [-0.3, -0.25) is 10.1 Å². The van der Waals surface area contributed by atoms with Crippen molar-refractivity contribution in [2.45, 2.75) is 20.3 Å². The van der Waals surface area contributed by atoms with Crippen LogP contribution in [0.3, 0.4) is 0 Å². The molecule has 0 saturated carbocycles. The Morgan fingerprint density at radius 1 is 1.53 bits per heavy atom. The molecule has 2 rings (SSSR count). The lowest BCUT2D eigenvalue weighted by Gasteiger charge is -2.02. The average molecular weight is 251 g/mol. The molecule has 90 valence electrons. The predicted octanol–water partition coefficient (Wildman–Crippen LogP) is 2.78. The van der Waals surface area contributed by atoms with E-state index in [4.69, 9.17) is 4.42 Å². The maximum atomic E-state index is 11.5. The number of thiophene rings is 1. The summed E-state index contributed by atoms with van der Waals surface area (Å²) in [6.07, 6.45) is 0.441. The summed E-state index contributed by atoms with van der Waals surface area (Å²) in [5.74, 6) is 0.612. The number of anilines is 1. The Kier molecular flexibility index (Phi) is 3.53. The van der Waals surface area contributed by atoms with Crippen LogP contribution in [0.25, 0.3) is 11.5 Å². The van der Waals surface area contributed by atoms with Crippen molar-refractivity contribution in [2.75, 3.05) is 5.32 Å². The van der Waals surface area contributed by atoms with E-state index in [2.05, 4.69) is 15.5 Å². The normalized spacial score (nSPS) is 10.8. The maximum Gasteiger partial charge on any atom is 0.322 e. The molecule has 0 saturated heterocycles. The minimum Gasteiger partial charge on any atom is -0.403 e. The molecule has 2 heterocycles. The molecule has 0 unspecified atom stereocenters. The fraction of sp³-hybridized carbons (Fsp3) is 0.364. The highest BCUT2D eigenvalue weighted by atomic mass is 32.1. The van der Waals surface area contributed by atoms with Crippen LogP contribution in [0, 0.1) is 5.92 Å². The number of carbonyl (C=O) groups is 1. The largest absolute Gasteiger partial charge is 0.403 e. The van der Waals surface area contributed by atoms with Gasteiger partial charge >= 0.3 is 6.01 Å². The number of carbonyl (C=O) groups excluding carboxylic acids is 1. The van der Waals surface area contributed by atoms with Gasteiger partial charge in [0.1, 0.15) is 0 Å². The molecule has 0 bridgehead atoms. The number of nitrogens with zero attached hydrogens (tertiary/aromatic N) is 2. The van der Waals surface area contributed by atoms with Crippen LogP contribution in [0.2, 0.25) is 0 Å². The van der Waals surface area contributed by atoms with Gasteiger partial charge in [-0.15, -0.1) is 5.10 Å². The lowest BCUT2D eigenvalue weighted by molar-refractivity contribution is -0.117. The number of amides is 1. The number of hydrogen-bond acceptors (Lipinski definition) is 5. The zero-order valence-corrected chi connectivity index (χ0v) is 10.5. The van der Waals surface area contributed by atoms with E-state index in [0.29, 0.717) is 18.2 Å². The van der Waals surface area contributed by atoms with Crippen molar-refractivity contribution in [1.82, 2.24) is 10.2 Å². The lowest BCUT2D eigenvalue weighted by Crippen LogP contribution is -2.13. The molecule has 5 nitrogen and oxygen atoms in total. The van der Waals surface area contributed by atoms with Crippen LogP contribution in [-0.4, -0.2) is 16.1 Å². The standard InChI is InChI=1S/C11H13N3O2S/c1-7(2)5-9(15)12-11-14-13-10(16-11)8-3-4-17-6-8/h3-4,6-7H,5H2,1-2H3,(H,12,14,15). The minimum atomic E-state index is -0.111. The number of nitrogens with one attached hydrogen (secondary N) is 1. The number of rotatable bonds is 4. The van der Waals surface area contributed by atoms with Crippen molar-refractivity contribution in [3.05, 3.63) is 16.8 Å². The summed E-state index contributed by atoms with van der Waals surface area (Å²) in [5, 5.41) is 14.1.